The molecule has 0 spiro atoms. The number of Topliss-reactive ketones (excluding diaryl/α,β-unsaturated/α-hetero) is 1. The van der Waals surface area contributed by atoms with E-state index in [1.165, 1.54) is 14.0 Å². The lowest BCUT2D eigenvalue weighted by atomic mass is 9.67. The van der Waals surface area contributed by atoms with Crippen LogP contribution in [0.2, 0.25) is 0 Å². The predicted octanol–water partition coefficient (Wildman–Crippen LogP) is 6.44. The molecule has 6 unspecified atom stereocenters. The molecule has 15 nitrogen and oxygen atoms in total. The van der Waals surface area contributed by atoms with Gasteiger partial charge in [0.15, 0.2) is 0 Å². The van der Waals surface area contributed by atoms with E-state index in [1.807, 2.05) is 20.8 Å². The average Bonchev–Trinajstić information content (AvgIpc) is 3.61. The van der Waals surface area contributed by atoms with E-state index in [4.69, 9.17) is 18.9 Å². The molecular weight excluding hydrogens is 789 g/mol. The number of carboxylic acid groups (broad SMARTS) is 1. The summed E-state index contributed by atoms with van der Waals surface area (Å²) in [5.41, 5.74) is -4.44. The summed E-state index contributed by atoms with van der Waals surface area (Å²) in [7, 11) is 1.19. The van der Waals surface area contributed by atoms with Gasteiger partial charge in [0, 0.05) is 50.0 Å². The van der Waals surface area contributed by atoms with Crippen molar-refractivity contribution in [3.05, 3.63) is 0 Å². The summed E-state index contributed by atoms with van der Waals surface area (Å²) < 4.78 is 22.0. The molecule has 61 heavy (non-hydrogen) atoms. The number of aliphatic carboxylic acids is 1. The van der Waals surface area contributed by atoms with Gasteiger partial charge < -0.3 is 39.4 Å². The predicted molar refractivity (Wildman–Crippen MR) is 230 cm³/mol. The lowest BCUT2D eigenvalue weighted by Crippen LogP contribution is -2.47. The molecule has 1 fully saturated rings. The number of carbonyl (C=O) groups is 7. The molecule has 1 heterocycles. The van der Waals surface area contributed by atoms with Gasteiger partial charge in [-0.1, -0.05) is 46.0 Å². The fourth-order valence-corrected chi connectivity index (χ4v) is 8.49. The SMILES string of the molecule is CCCCCCCCOC(=O)C(C)C(CC(C)(CC(CC(CC(C)(CC(C)(C)C(=O)OCCNC(C)(C)C)C(=O)OC)C(=O)O)N1CCCC1=O)C(=O)OCCCO)C(C)=O. The van der Waals surface area contributed by atoms with Crippen molar-refractivity contribution in [3.8, 4) is 0 Å². The highest BCUT2D eigenvalue weighted by Gasteiger charge is 2.49. The fourth-order valence-electron chi connectivity index (χ4n) is 8.49. The number of rotatable bonds is 31. The van der Waals surface area contributed by atoms with Crippen LogP contribution in [-0.4, -0.2) is 115 Å². The van der Waals surface area contributed by atoms with E-state index < -0.39 is 69.9 Å². The van der Waals surface area contributed by atoms with Crippen molar-refractivity contribution in [2.45, 2.75) is 171 Å². The van der Waals surface area contributed by atoms with Crippen LogP contribution in [0.25, 0.3) is 0 Å². The molecule has 1 amide bonds. The van der Waals surface area contributed by atoms with E-state index >= 15 is 0 Å². The summed E-state index contributed by atoms with van der Waals surface area (Å²) in [6, 6.07) is -0.871. The Labute approximate surface area is 365 Å². The molecule has 0 saturated carbocycles. The number of hydrogen-bond acceptors (Lipinski definition) is 13. The van der Waals surface area contributed by atoms with Crippen molar-refractivity contribution < 1.29 is 62.7 Å². The normalized spacial score (nSPS) is 17.3. The second-order valence-electron chi connectivity index (χ2n) is 19.4. The van der Waals surface area contributed by atoms with Crippen molar-refractivity contribution >= 4 is 41.5 Å². The smallest absolute Gasteiger partial charge is 0.311 e. The van der Waals surface area contributed by atoms with Gasteiger partial charge in [-0.25, -0.2) is 0 Å². The molecule has 0 aromatic rings. The number of nitrogens with zero attached hydrogens (tertiary/aromatic N) is 1. The Balaban J connectivity index is 3.55. The highest BCUT2D eigenvalue weighted by molar-refractivity contribution is 5.86. The maximum Gasteiger partial charge on any atom is 0.311 e. The Kier molecular flexibility index (Phi) is 23.7. The lowest BCUT2D eigenvalue weighted by molar-refractivity contribution is -0.163. The Hall–Kier alpha value is -3.59. The molecule has 1 aliphatic heterocycles. The third-order valence-electron chi connectivity index (χ3n) is 11.8. The maximum absolute atomic E-state index is 14.1. The van der Waals surface area contributed by atoms with E-state index in [-0.39, 0.29) is 88.6 Å². The molecule has 0 aromatic carbocycles. The molecule has 0 aromatic heterocycles. The number of ketones is 1. The summed E-state index contributed by atoms with van der Waals surface area (Å²) in [6.45, 7) is 18.0. The molecule has 1 saturated heterocycles. The number of amides is 1. The standard InChI is InChI=1S/C46H80N2O13/c1-12-13-14-15-16-17-24-59-39(54)32(2)36(33(3)50)30-45(9,42(57)60-25-19-23-49)29-35(48-22-18-20-37(48)51)27-34(38(52)53)28-46(10,41(56)58-11)31-44(7,8)40(55)61-26-21-47-43(4,5)6/h32,34-36,47,49H,12-31H2,1-11H3,(H,52,53). The second-order valence-corrected chi connectivity index (χ2v) is 19.4. The van der Waals surface area contributed by atoms with E-state index in [0.717, 1.165) is 32.1 Å². The van der Waals surface area contributed by atoms with Crippen LogP contribution in [0, 0.1) is 34.0 Å². The van der Waals surface area contributed by atoms with Gasteiger partial charge >= 0.3 is 29.8 Å². The monoisotopic (exact) mass is 869 g/mol. The van der Waals surface area contributed by atoms with Gasteiger partial charge in [0.1, 0.15) is 12.4 Å². The Morgan fingerprint density at radius 3 is 1.93 bits per heavy atom. The van der Waals surface area contributed by atoms with Gasteiger partial charge in [-0.15, -0.1) is 0 Å². The Morgan fingerprint density at radius 1 is 0.787 bits per heavy atom. The molecule has 0 aliphatic carbocycles. The first-order valence-corrected chi connectivity index (χ1v) is 22.4. The van der Waals surface area contributed by atoms with Crippen molar-refractivity contribution in [2.24, 2.45) is 34.0 Å². The Bertz CT molecular complexity index is 1440. The Morgan fingerprint density at radius 2 is 1.39 bits per heavy atom. The van der Waals surface area contributed by atoms with Gasteiger partial charge in [-0.05, 0) is 100 Å². The molecule has 0 bridgehead atoms. The van der Waals surface area contributed by atoms with E-state index in [2.05, 4.69) is 12.2 Å². The minimum atomic E-state index is -1.52. The van der Waals surface area contributed by atoms with Crippen LogP contribution < -0.4 is 5.32 Å². The van der Waals surface area contributed by atoms with E-state index in [1.54, 1.807) is 39.5 Å². The quantitative estimate of drug-likeness (QED) is 0.0389. The van der Waals surface area contributed by atoms with Crippen molar-refractivity contribution in [1.29, 1.82) is 0 Å². The van der Waals surface area contributed by atoms with Crippen LogP contribution in [-0.2, 0) is 52.5 Å². The highest BCUT2D eigenvalue weighted by atomic mass is 16.5. The number of aliphatic hydroxyl groups excluding tert-OH is 1. The largest absolute Gasteiger partial charge is 0.481 e. The van der Waals surface area contributed by atoms with Crippen LogP contribution >= 0.6 is 0 Å². The van der Waals surface area contributed by atoms with E-state index in [9.17, 15) is 43.8 Å². The molecule has 15 heteroatoms. The van der Waals surface area contributed by atoms with Gasteiger partial charge in [0.25, 0.3) is 0 Å². The fraction of sp³-hybridized carbons (Fsp3) is 0.848. The van der Waals surface area contributed by atoms with Crippen molar-refractivity contribution in [2.75, 3.05) is 46.6 Å². The second kappa shape index (κ2) is 26.1. The summed E-state index contributed by atoms with van der Waals surface area (Å²) >= 11 is 0. The van der Waals surface area contributed by atoms with Crippen LogP contribution in [0.4, 0.5) is 0 Å². The topological polar surface area (TPSA) is 212 Å². The molecular formula is C46H80N2O13. The summed E-state index contributed by atoms with van der Waals surface area (Å²) in [5, 5.41) is 23.4. The number of carbonyl (C=O) groups excluding carboxylic acids is 6. The van der Waals surface area contributed by atoms with Crippen LogP contribution in [0.5, 0.6) is 0 Å². The minimum absolute atomic E-state index is 0.0859. The van der Waals surface area contributed by atoms with Crippen LogP contribution in [0.1, 0.15) is 159 Å². The first kappa shape index (κ1) is 55.4. The number of unbranched alkanes of at least 4 members (excludes halogenated alkanes) is 5. The van der Waals surface area contributed by atoms with E-state index in [0.29, 0.717) is 25.9 Å². The first-order chi connectivity index (χ1) is 28.4. The zero-order valence-corrected chi connectivity index (χ0v) is 39.3. The van der Waals surface area contributed by atoms with Crippen LogP contribution in [0.3, 0.4) is 0 Å². The van der Waals surface area contributed by atoms with Crippen LogP contribution in [0.15, 0.2) is 0 Å². The maximum atomic E-state index is 14.1. The number of methoxy groups -OCH3 is 1. The summed E-state index contributed by atoms with van der Waals surface area (Å²) in [5.74, 6) is -7.59. The number of esters is 4. The molecule has 1 aliphatic rings. The summed E-state index contributed by atoms with van der Waals surface area (Å²) in [4.78, 5) is 95.8. The van der Waals surface area contributed by atoms with Crippen molar-refractivity contribution in [1.82, 2.24) is 10.2 Å². The number of likely N-dealkylation sites (tertiary alicyclic amines) is 1. The molecule has 352 valence electrons. The average molecular weight is 869 g/mol. The summed E-state index contributed by atoms with van der Waals surface area (Å²) in [6.07, 6.45) is 5.99. The minimum Gasteiger partial charge on any atom is -0.481 e. The number of carboxylic acids is 1. The van der Waals surface area contributed by atoms with Gasteiger partial charge in [0.2, 0.25) is 5.91 Å². The third-order valence-corrected chi connectivity index (χ3v) is 11.8. The number of hydrogen-bond donors (Lipinski definition) is 3. The van der Waals surface area contributed by atoms with Gasteiger partial charge in [0.05, 0.1) is 48.4 Å². The zero-order chi connectivity index (χ0) is 46.6. The number of nitrogens with one attached hydrogen (secondary N) is 1. The molecule has 1 rings (SSSR count). The molecule has 3 N–H and O–H groups in total. The molecule has 6 atom stereocenters. The van der Waals surface area contributed by atoms with Gasteiger partial charge in [-0.2, -0.15) is 0 Å². The van der Waals surface area contributed by atoms with Gasteiger partial charge in [-0.3, -0.25) is 33.6 Å². The number of aliphatic hydroxyl groups is 1. The molecule has 0 radical (unpaired) electrons. The highest BCUT2D eigenvalue weighted by Crippen LogP contribution is 2.44. The first-order valence-electron chi connectivity index (χ1n) is 22.4. The third kappa shape index (κ3) is 19.1. The zero-order valence-electron chi connectivity index (χ0n) is 39.3. The lowest BCUT2D eigenvalue weighted by Gasteiger charge is -2.40. The number of ether oxygens (including phenoxy) is 4. The van der Waals surface area contributed by atoms with Crippen molar-refractivity contribution in [3.63, 3.8) is 0 Å².